The zero-order valence-electron chi connectivity index (χ0n) is 18.1. The number of aryl methyl sites for hydroxylation is 1. The maximum Gasteiger partial charge on any atom is 0.242 e. The van der Waals surface area contributed by atoms with Gasteiger partial charge in [0.15, 0.2) is 0 Å². The minimum atomic E-state index is -0.680. The number of nitrogens with zero attached hydrogens (tertiary/aromatic N) is 3. The van der Waals surface area contributed by atoms with Gasteiger partial charge in [-0.3, -0.25) is 9.59 Å². The number of carbonyl (C=O) groups is 2. The van der Waals surface area contributed by atoms with E-state index in [4.69, 9.17) is 16.3 Å². The lowest BCUT2D eigenvalue weighted by Gasteiger charge is -2.28. The predicted molar refractivity (Wildman–Crippen MR) is 119 cm³/mol. The Balaban J connectivity index is 2.14. The van der Waals surface area contributed by atoms with Crippen LogP contribution in [0.4, 0.5) is 0 Å². The summed E-state index contributed by atoms with van der Waals surface area (Å²) in [6.45, 7) is 6.11. The predicted octanol–water partition coefficient (Wildman–Crippen LogP) is 3.44. The SMILES string of the molecule is CCOCCCN(CC(=O)N(Cc1ccccc1)Cc1cccn1C)C(=O)C(C)Cl. The van der Waals surface area contributed by atoms with E-state index in [1.807, 2.05) is 67.2 Å². The largest absolute Gasteiger partial charge is 0.382 e. The van der Waals surface area contributed by atoms with E-state index in [2.05, 4.69) is 0 Å². The fourth-order valence-corrected chi connectivity index (χ4v) is 3.31. The summed E-state index contributed by atoms with van der Waals surface area (Å²) in [7, 11) is 1.96. The second-order valence-electron chi connectivity index (χ2n) is 7.27. The van der Waals surface area contributed by atoms with E-state index in [0.717, 1.165) is 11.3 Å². The molecular formula is C23H32ClN3O3. The Morgan fingerprint density at radius 3 is 2.43 bits per heavy atom. The first-order valence-corrected chi connectivity index (χ1v) is 10.8. The van der Waals surface area contributed by atoms with Gasteiger partial charge in [0.05, 0.1) is 13.1 Å². The number of benzene rings is 1. The van der Waals surface area contributed by atoms with Gasteiger partial charge < -0.3 is 19.1 Å². The topological polar surface area (TPSA) is 54.8 Å². The Morgan fingerprint density at radius 1 is 1.10 bits per heavy atom. The third kappa shape index (κ3) is 7.50. The molecule has 0 N–H and O–H groups in total. The van der Waals surface area contributed by atoms with Crippen molar-refractivity contribution in [2.24, 2.45) is 7.05 Å². The molecule has 0 aliphatic carbocycles. The number of rotatable bonds is 12. The summed E-state index contributed by atoms with van der Waals surface area (Å²) in [5.41, 5.74) is 2.07. The summed E-state index contributed by atoms with van der Waals surface area (Å²) in [4.78, 5) is 29.2. The number of hydrogen-bond acceptors (Lipinski definition) is 3. The summed E-state index contributed by atoms with van der Waals surface area (Å²) in [6.07, 6.45) is 2.62. The van der Waals surface area contributed by atoms with Crippen LogP contribution in [0.25, 0.3) is 0 Å². The molecule has 0 fully saturated rings. The zero-order chi connectivity index (χ0) is 21.9. The molecule has 6 nitrogen and oxygen atoms in total. The summed E-state index contributed by atoms with van der Waals surface area (Å²) < 4.78 is 7.37. The quantitative estimate of drug-likeness (QED) is 0.380. The smallest absolute Gasteiger partial charge is 0.242 e. The lowest BCUT2D eigenvalue weighted by atomic mass is 10.2. The number of hydrogen-bond donors (Lipinski definition) is 0. The van der Waals surface area contributed by atoms with Crippen molar-refractivity contribution in [3.05, 3.63) is 59.9 Å². The second-order valence-corrected chi connectivity index (χ2v) is 7.93. The summed E-state index contributed by atoms with van der Waals surface area (Å²) in [5.74, 6) is -0.345. The monoisotopic (exact) mass is 433 g/mol. The van der Waals surface area contributed by atoms with Gasteiger partial charge in [0.1, 0.15) is 5.38 Å². The fraction of sp³-hybridized carbons (Fsp3) is 0.478. The van der Waals surface area contributed by atoms with Crippen molar-refractivity contribution in [3.63, 3.8) is 0 Å². The molecule has 0 saturated heterocycles. The van der Waals surface area contributed by atoms with Crippen molar-refractivity contribution in [2.45, 2.75) is 38.7 Å². The molecule has 1 aromatic carbocycles. The molecule has 1 atom stereocenters. The van der Waals surface area contributed by atoms with E-state index in [-0.39, 0.29) is 18.4 Å². The van der Waals surface area contributed by atoms with Crippen LogP contribution in [0.15, 0.2) is 48.7 Å². The first-order chi connectivity index (χ1) is 14.4. The molecule has 0 saturated carbocycles. The standard InChI is InChI=1S/C23H32ClN3O3/c1-4-30-15-9-14-26(23(29)19(2)24)18-22(28)27(16-20-10-6-5-7-11-20)17-21-12-8-13-25(21)3/h5-8,10-13,19H,4,9,14-18H2,1-3H3. The van der Waals surface area contributed by atoms with E-state index in [1.165, 1.54) is 0 Å². The van der Waals surface area contributed by atoms with Crippen LogP contribution < -0.4 is 0 Å². The van der Waals surface area contributed by atoms with Gasteiger partial charge in [-0.25, -0.2) is 0 Å². The van der Waals surface area contributed by atoms with Gasteiger partial charge in [0.2, 0.25) is 11.8 Å². The number of alkyl halides is 1. The van der Waals surface area contributed by atoms with Crippen molar-refractivity contribution in [3.8, 4) is 0 Å². The van der Waals surface area contributed by atoms with Gasteiger partial charge in [-0.1, -0.05) is 30.3 Å². The maximum atomic E-state index is 13.3. The number of amides is 2. The zero-order valence-corrected chi connectivity index (χ0v) is 18.8. The van der Waals surface area contributed by atoms with Crippen LogP contribution >= 0.6 is 11.6 Å². The van der Waals surface area contributed by atoms with E-state index in [0.29, 0.717) is 39.3 Å². The minimum Gasteiger partial charge on any atom is -0.382 e. The lowest BCUT2D eigenvalue weighted by Crippen LogP contribution is -2.45. The van der Waals surface area contributed by atoms with E-state index in [1.54, 1.807) is 16.7 Å². The van der Waals surface area contributed by atoms with Crippen molar-refractivity contribution in [2.75, 3.05) is 26.3 Å². The Morgan fingerprint density at radius 2 is 1.83 bits per heavy atom. The van der Waals surface area contributed by atoms with Crippen LogP contribution in [0.1, 0.15) is 31.5 Å². The van der Waals surface area contributed by atoms with Crippen molar-refractivity contribution in [1.29, 1.82) is 0 Å². The van der Waals surface area contributed by atoms with Crippen LogP contribution in [-0.4, -0.2) is 57.9 Å². The third-order valence-electron chi connectivity index (χ3n) is 4.87. The van der Waals surface area contributed by atoms with Crippen molar-refractivity contribution < 1.29 is 14.3 Å². The second kappa shape index (κ2) is 12.4. The summed E-state index contributed by atoms with van der Waals surface area (Å²) in [5, 5.41) is -0.680. The molecule has 2 rings (SSSR count). The first kappa shape index (κ1) is 24.0. The average Bonchev–Trinajstić information content (AvgIpc) is 3.14. The highest BCUT2D eigenvalue weighted by atomic mass is 35.5. The molecule has 1 heterocycles. The molecule has 0 aliphatic rings. The summed E-state index contributed by atoms with van der Waals surface area (Å²) in [6, 6.07) is 13.8. The van der Waals surface area contributed by atoms with E-state index in [9.17, 15) is 9.59 Å². The van der Waals surface area contributed by atoms with Crippen LogP contribution in [0.3, 0.4) is 0 Å². The molecule has 1 aromatic heterocycles. The summed E-state index contributed by atoms with van der Waals surface area (Å²) >= 11 is 6.04. The number of ether oxygens (including phenoxy) is 1. The average molecular weight is 434 g/mol. The molecule has 2 amide bonds. The Labute approximate surface area is 184 Å². The van der Waals surface area contributed by atoms with Crippen LogP contribution in [0, 0.1) is 0 Å². The molecule has 2 aromatic rings. The van der Waals surface area contributed by atoms with Gasteiger partial charge >= 0.3 is 0 Å². The molecule has 7 heteroatoms. The third-order valence-corrected chi connectivity index (χ3v) is 5.06. The van der Waals surface area contributed by atoms with Crippen molar-refractivity contribution in [1.82, 2.24) is 14.4 Å². The van der Waals surface area contributed by atoms with Gasteiger partial charge in [-0.05, 0) is 38.0 Å². The molecular weight excluding hydrogens is 402 g/mol. The Hall–Kier alpha value is -2.31. The molecule has 30 heavy (non-hydrogen) atoms. The minimum absolute atomic E-state index is 0.000719. The first-order valence-electron chi connectivity index (χ1n) is 10.3. The van der Waals surface area contributed by atoms with Crippen LogP contribution in [0.5, 0.6) is 0 Å². The number of carbonyl (C=O) groups excluding carboxylic acids is 2. The Kier molecular flexibility index (Phi) is 9.91. The van der Waals surface area contributed by atoms with Crippen LogP contribution in [0.2, 0.25) is 0 Å². The molecule has 164 valence electrons. The highest BCUT2D eigenvalue weighted by molar-refractivity contribution is 6.30. The highest BCUT2D eigenvalue weighted by Gasteiger charge is 2.24. The molecule has 0 radical (unpaired) electrons. The van der Waals surface area contributed by atoms with Crippen molar-refractivity contribution >= 4 is 23.4 Å². The lowest BCUT2D eigenvalue weighted by molar-refractivity contribution is -0.141. The fourth-order valence-electron chi connectivity index (χ4n) is 3.18. The normalized spacial score (nSPS) is 11.9. The highest BCUT2D eigenvalue weighted by Crippen LogP contribution is 2.12. The van der Waals surface area contributed by atoms with Crippen LogP contribution in [-0.2, 0) is 34.5 Å². The number of halogens is 1. The number of aromatic nitrogens is 1. The van der Waals surface area contributed by atoms with Gasteiger partial charge in [0.25, 0.3) is 0 Å². The maximum absolute atomic E-state index is 13.3. The molecule has 0 spiro atoms. The van der Waals surface area contributed by atoms with Gasteiger partial charge in [-0.2, -0.15) is 0 Å². The molecule has 1 unspecified atom stereocenters. The van der Waals surface area contributed by atoms with E-state index < -0.39 is 5.38 Å². The Bertz CT molecular complexity index is 792. The van der Waals surface area contributed by atoms with Gasteiger partial charge in [-0.15, -0.1) is 11.6 Å². The van der Waals surface area contributed by atoms with Gasteiger partial charge in [0, 0.05) is 45.2 Å². The molecule has 0 bridgehead atoms. The molecule has 0 aliphatic heterocycles. The van der Waals surface area contributed by atoms with E-state index >= 15 is 0 Å².